The monoisotopic (exact) mass is 848 g/mol. The minimum absolute atomic E-state index is 0.00810. The number of hydrogen-bond donors (Lipinski definition) is 3. The van der Waals surface area contributed by atoms with Gasteiger partial charge in [0.25, 0.3) is 8.32 Å². The van der Waals surface area contributed by atoms with Crippen molar-refractivity contribution >= 4 is 43.2 Å². The van der Waals surface area contributed by atoms with Crippen LogP contribution >= 0.6 is 0 Å². The Labute approximate surface area is 357 Å². The van der Waals surface area contributed by atoms with Crippen molar-refractivity contribution in [3.8, 4) is 16.9 Å². The highest BCUT2D eigenvalue weighted by Crippen LogP contribution is 2.44. The number of rotatable bonds is 16. The lowest BCUT2D eigenvalue weighted by Crippen LogP contribution is -2.52. The molecule has 2 fully saturated rings. The molecule has 0 radical (unpaired) electrons. The number of aryl methyl sites for hydroxylation is 1. The molecule has 0 bridgehead atoms. The molecule has 60 heavy (non-hydrogen) atoms. The first-order chi connectivity index (χ1) is 28.4. The summed E-state index contributed by atoms with van der Waals surface area (Å²) in [4.78, 5) is 51.8. The largest absolute Gasteiger partial charge is 0.543 e. The van der Waals surface area contributed by atoms with Crippen LogP contribution in [-0.4, -0.2) is 80.9 Å². The Kier molecular flexibility index (Phi) is 16.0. The molecule has 3 aromatic rings. The predicted molar refractivity (Wildman–Crippen MR) is 235 cm³/mol. The second kappa shape index (κ2) is 20.5. The first-order valence-corrected chi connectivity index (χ1v) is 23.9. The maximum Gasteiger partial charge on any atom is 0.408 e. The highest BCUT2D eigenvalue weighted by molar-refractivity contribution is 6.78. The highest BCUT2D eigenvalue weighted by atomic mass is 28.4. The lowest BCUT2D eigenvalue weighted by atomic mass is 9.91. The van der Waals surface area contributed by atoms with Gasteiger partial charge >= 0.3 is 24.0 Å². The fraction of sp³-hybridized carbons (Fsp3) is 0.609. The Bertz CT molecular complexity index is 1940. The molecule has 2 aromatic carbocycles. The number of fused-ring (bicyclic) bond motifs is 1. The maximum absolute atomic E-state index is 13.9. The average Bonchev–Trinajstić information content (AvgIpc) is 3.55. The van der Waals surface area contributed by atoms with Crippen LogP contribution in [0.1, 0.15) is 118 Å². The number of carbonyl (C=O) groups excluding carboxylic acids is 4. The SMILES string of the molecule is CC(=O)OCCCn1cc(C2CCOCC2)c2ccc(-c3cc(C[C@H](NC(=O)OC(C)(C)C)C(=O)OC(=O)C4CCCNN4)cc(O[Si](C(C)C)(C(C)C)C(C)C)c3)cc21. The molecule has 14 heteroatoms. The van der Waals surface area contributed by atoms with Gasteiger partial charge < -0.3 is 33.3 Å². The van der Waals surface area contributed by atoms with Gasteiger partial charge in [-0.25, -0.2) is 19.8 Å². The summed E-state index contributed by atoms with van der Waals surface area (Å²) in [6, 6.07) is 10.6. The third-order valence-electron chi connectivity index (χ3n) is 11.7. The van der Waals surface area contributed by atoms with Crippen molar-refractivity contribution in [3.05, 3.63) is 53.7 Å². The van der Waals surface area contributed by atoms with Gasteiger partial charge in [0, 0.05) is 56.7 Å². The smallest absolute Gasteiger partial charge is 0.408 e. The van der Waals surface area contributed by atoms with Crippen LogP contribution in [0.3, 0.4) is 0 Å². The Balaban J connectivity index is 1.60. The molecule has 0 spiro atoms. The van der Waals surface area contributed by atoms with Gasteiger partial charge in [-0.1, -0.05) is 59.7 Å². The van der Waals surface area contributed by atoms with Crippen molar-refractivity contribution in [2.45, 2.75) is 155 Å². The van der Waals surface area contributed by atoms with E-state index in [2.05, 4.69) is 92.7 Å². The van der Waals surface area contributed by atoms with E-state index in [1.165, 1.54) is 17.9 Å². The highest BCUT2D eigenvalue weighted by Gasteiger charge is 2.47. The molecule has 2 atom stereocenters. The van der Waals surface area contributed by atoms with Crippen molar-refractivity contribution in [2.24, 2.45) is 0 Å². The molecule has 3 heterocycles. The van der Waals surface area contributed by atoms with E-state index < -0.39 is 44.0 Å². The Morgan fingerprint density at radius 1 is 0.933 bits per heavy atom. The van der Waals surface area contributed by atoms with E-state index >= 15 is 0 Å². The zero-order chi connectivity index (χ0) is 43.8. The fourth-order valence-corrected chi connectivity index (χ4v) is 14.2. The van der Waals surface area contributed by atoms with Crippen LogP contribution in [0.5, 0.6) is 5.75 Å². The molecule has 0 aliphatic carbocycles. The third-order valence-corrected chi connectivity index (χ3v) is 17.7. The summed E-state index contributed by atoms with van der Waals surface area (Å²) < 4.78 is 31.5. The summed E-state index contributed by atoms with van der Waals surface area (Å²) in [5.74, 6) is -0.834. The topological polar surface area (TPSA) is 155 Å². The molecule has 3 N–H and O–H groups in total. The number of hydrazine groups is 1. The van der Waals surface area contributed by atoms with Gasteiger partial charge in [0.05, 0.1) is 6.61 Å². The average molecular weight is 849 g/mol. The maximum atomic E-state index is 13.9. The van der Waals surface area contributed by atoms with Gasteiger partial charge in [-0.05, 0) is 116 Å². The molecular weight excluding hydrogens is 781 g/mol. The summed E-state index contributed by atoms with van der Waals surface area (Å²) in [6.45, 7) is 23.2. The van der Waals surface area contributed by atoms with Crippen molar-refractivity contribution < 1.29 is 42.6 Å². The number of benzene rings is 2. The summed E-state index contributed by atoms with van der Waals surface area (Å²) in [5, 5.41) is 3.88. The second-order valence-corrected chi connectivity index (χ2v) is 23.7. The second-order valence-electron chi connectivity index (χ2n) is 18.3. The first-order valence-electron chi connectivity index (χ1n) is 21.8. The molecule has 330 valence electrons. The lowest BCUT2D eigenvalue weighted by Gasteiger charge is -2.42. The van der Waals surface area contributed by atoms with Gasteiger partial charge in [0.2, 0.25) is 0 Å². The number of alkyl carbamates (subject to hydrolysis) is 1. The molecule has 2 aliphatic rings. The Morgan fingerprint density at radius 3 is 2.25 bits per heavy atom. The summed E-state index contributed by atoms with van der Waals surface area (Å²) in [7, 11) is -2.46. The molecule has 5 rings (SSSR count). The predicted octanol–water partition coefficient (Wildman–Crippen LogP) is 8.47. The number of ether oxygens (including phenoxy) is 4. The Hall–Kier alpha value is -4.24. The summed E-state index contributed by atoms with van der Waals surface area (Å²) in [6.07, 6.45) is 5.27. The zero-order valence-electron chi connectivity index (χ0n) is 37.4. The van der Waals surface area contributed by atoms with Crippen LogP contribution in [0, 0.1) is 0 Å². The van der Waals surface area contributed by atoms with Gasteiger partial charge in [0.1, 0.15) is 23.4 Å². The van der Waals surface area contributed by atoms with Crippen LogP contribution < -0.4 is 20.6 Å². The van der Waals surface area contributed by atoms with Crippen LogP contribution in [0.15, 0.2) is 42.6 Å². The third kappa shape index (κ3) is 12.0. The molecule has 2 saturated heterocycles. The van der Waals surface area contributed by atoms with Crippen molar-refractivity contribution in [1.29, 1.82) is 0 Å². The number of carbonyl (C=O) groups is 4. The van der Waals surface area contributed by atoms with E-state index in [0.29, 0.717) is 66.4 Å². The van der Waals surface area contributed by atoms with E-state index in [9.17, 15) is 19.2 Å². The lowest BCUT2D eigenvalue weighted by molar-refractivity contribution is -0.163. The molecule has 1 unspecified atom stereocenters. The van der Waals surface area contributed by atoms with Gasteiger partial charge in [0.15, 0.2) is 0 Å². The van der Waals surface area contributed by atoms with Crippen LogP contribution in [0.2, 0.25) is 16.6 Å². The van der Waals surface area contributed by atoms with E-state index in [-0.39, 0.29) is 12.4 Å². The molecular formula is C46H68N4O9Si. The normalized spacial score (nSPS) is 17.2. The number of esters is 3. The first kappa shape index (κ1) is 46.8. The summed E-state index contributed by atoms with van der Waals surface area (Å²) >= 11 is 0. The fourth-order valence-electron chi connectivity index (χ4n) is 8.99. The van der Waals surface area contributed by atoms with Crippen LogP contribution in [0.25, 0.3) is 22.0 Å². The number of nitrogens with zero attached hydrogens (tertiary/aromatic N) is 1. The van der Waals surface area contributed by atoms with Crippen LogP contribution in [-0.2, 0) is 46.3 Å². The number of aromatic nitrogens is 1. The van der Waals surface area contributed by atoms with Crippen molar-refractivity contribution in [1.82, 2.24) is 20.7 Å². The van der Waals surface area contributed by atoms with Crippen molar-refractivity contribution in [2.75, 3.05) is 26.4 Å². The number of hydrogen-bond acceptors (Lipinski definition) is 11. The van der Waals surface area contributed by atoms with Gasteiger partial charge in [-0.2, -0.15) is 0 Å². The molecule has 13 nitrogen and oxygen atoms in total. The minimum Gasteiger partial charge on any atom is -0.543 e. The van der Waals surface area contributed by atoms with Crippen LogP contribution in [0.4, 0.5) is 4.79 Å². The quantitative estimate of drug-likeness (QED) is 0.0418. The minimum atomic E-state index is -2.46. The number of amides is 1. The molecule has 2 aliphatic heterocycles. The zero-order valence-corrected chi connectivity index (χ0v) is 38.4. The van der Waals surface area contributed by atoms with Crippen molar-refractivity contribution in [3.63, 3.8) is 0 Å². The molecule has 1 amide bonds. The molecule has 1 aromatic heterocycles. The summed E-state index contributed by atoms with van der Waals surface area (Å²) in [5.41, 5.74) is 10.8. The van der Waals surface area contributed by atoms with Gasteiger partial charge in [-0.3, -0.25) is 10.2 Å². The van der Waals surface area contributed by atoms with E-state index in [1.54, 1.807) is 20.8 Å². The molecule has 0 saturated carbocycles. The van der Waals surface area contributed by atoms with E-state index in [4.69, 9.17) is 23.4 Å². The van der Waals surface area contributed by atoms with Gasteiger partial charge in [-0.15, -0.1) is 0 Å². The standard InChI is InChI=1S/C46H68N4O9Si/c1-29(2)60(30(3)4,31(5)6)59-37-24-33(25-41(48-45(54)58-46(8,9)10)44(53)57-43(52)40-13-11-18-47-49-40)23-36(26-37)35-14-15-38-39(34-16-21-55-22-17-34)28-50(42(38)27-35)19-12-20-56-32(7)51/h14-15,23-24,26-31,34,40-41,47,49H,11-13,16-22,25H2,1-10H3,(H,48,54)/t40?,41-/m0/s1. The van der Waals surface area contributed by atoms with E-state index in [1.807, 2.05) is 12.1 Å². The number of nitrogens with one attached hydrogen (secondary N) is 3. The Morgan fingerprint density at radius 2 is 1.63 bits per heavy atom. The van der Waals surface area contributed by atoms with E-state index in [0.717, 1.165) is 49.1 Å².